The van der Waals surface area contributed by atoms with E-state index in [0.717, 1.165) is 10.5 Å². The van der Waals surface area contributed by atoms with E-state index in [1.807, 2.05) is 22.8 Å². The quantitative estimate of drug-likeness (QED) is 0.572. The number of amides is 3. The minimum absolute atomic E-state index is 0.102. The average Bonchev–Trinajstić information content (AvgIpc) is 3.03. The van der Waals surface area contributed by atoms with Crippen LogP contribution >= 0.6 is 35.0 Å². The molecule has 1 saturated heterocycles. The number of benzene rings is 1. The third-order valence-corrected chi connectivity index (χ3v) is 6.24. The third kappa shape index (κ3) is 3.85. The van der Waals surface area contributed by atoms with Crippen molar-refractivity contribution in [3.05, 3.63) is 34.9 Å². The van der Waals surface area contributed by atoms with Crippen LogP contribution < -0.4 is 0 Å². The van der Waals surface area contributed by atoms with Crippen molar-refractivity contribution in [3.8, 4) is 0 Å². The molecule has 144 valence electrons. The number of rotatable bonds is 5. The first-order valence-electron chi connectivity index (χ1n) is 8.22. The van der Waals surface area contributed by atoms with Gasteiger partial charge in [0.2, 0.25) is 0 Å². The van der Waals surface area contributed by atoms with Gasteiger partial charge in [-0.15, -0.1) is 11.6 Å². The van der Waals surface area contributed by atoms with Crippen LogP contribution in [0.5, 0.6) is 0 Å². The molecule has 0 radical (unpaired) electrons. The Kier molecular flexibility index (Phi) is 6.10. The van der Waals surface area contributed by atoms with Crippen molar-refractivity contribution in [1.82, 2.24) is 9.80 Å². The highest BCUT2D eigenvalue weighted by atomic mass is 35.5. The normalized spacial score (nSPS) is 20.9. The molecule has 1 aromatic rings. The predicted octanol–water partition coefficient (Wildman–Crippen LogP) is 1.85. The number of halogens is 2. The first kappa shape index (κ1) is 20.1. The van der Waals surface area contributed by atoms with Gasteiger partial charge < -0.3 is 5.11 Å². The van der Waals surface area contributed by atoms with Gasteiger partial charge >= 0.3 is 11.2 Å². The predicted molar refractivity (Wildman–Crippen MR) is 107 cm³/mol. The van der Waals surface area contributed by atoms with Crippen molar-refractivity contribution >= 4 is 57.9 Å². The molecule has 0 aromatic heterocycles. The Morgan fingerprint density at radius 2 is 2.00 bits per heavy atom. The van der Waals surface area contributed by atoms with Crippen LogP contribution in [-0.4, -0.2) is 80.3 Å². The van der Waals surface area contributed by atoms with Gasteiger partial charge in [0.1, 0.15) is 6.54 Å². The smallest absolute Gasteiger partial charge is 0.358 e. The molecule has 2 heterocycles. The fourth-order valence-corrected chi connectivity index (χ4v) is 4.26. The van der Waals surface area contributed by atoms with E-state index in [-0.39, 0.29) is 11.8 Å². The Hall–Kier alpha value is -1.61. The lowest BCUT2D eigenvalue weighted by molar-refractivity contribution is -0.548. The number of thioether (sulfide) groups is 1. The number of fused-ring (bicyclic) bond motifs is 1. The van der Waals surface area contributed by atoms with Crippen LogP contribution in [0.2, 0.25) is 5.02 Å². The lowest BCUT2D eigenvalue weighted by Crippen LogP contribution is -2.61. The Morgan fingerprint density at radius 1 is 1.30 bits per heavy atom. The zero-order chi connectivity index (χ0) is 19.7. The fourth-order valence-electron chi connectivity index (χ4n) is 2.88. The summed E-state index contributed by atoms with van der Waals surface area (Å²) in [6, 6.07) is 6.21. The summed E-state index contributed by atoms with van der Waals surface area (Å²) < 4.78 is 1.81. The molecular formula is C17H19Cl2N4O3S+. The fraction of sp³-hybridized carbons (Fsp3) is 0.412. The molecule has 3 amide bonds. The van der Waals surface area contributed by atoms with Crippen LogP contribution in [0.3, 0.4) is 0 Å². The van der Waals surface area contributed by atoms with Gasteiger partial charge in [0, 0.05) is 36.3 Å². The number of urea groups is 1. The lowest BCUT2D eigenvalue weighted by Gasteiger charge is -2.30. The topological polar surface area (TPSA) is 76.2 Å². The van der Waals surface area contributed by atoms with Crippen LogP contribution in [-0.2, 0) is 11.3 Å². The monoisotopic (exact) mass is 429 g/mol. The number of hydrogen-bond acceptors (Lipinski definition) is 5. The molecule has 2 aliphatic heterocycles. The summed E-state index contributed by atoms with van der Waals surface area (Å²) in [6.45, 7) is 0.345. The molecule has 1 N–H and O–H groups in total. The number of alkyl halides is 1. The van der Waals surface area contributed by atoms with Crippen molar-refractivity contribution in [2.45, 2.75) is 18.7 Å². The SMILES string of the molecule is CN1C(=O)C2C(=NC(SCC(O)CCl)=[N+]2Cc2ccccc2Cl)N(C)C1=O. The second-order valence-electron chi connectivity index (χ2n) is 6.23. The maximum absolute atomic E-state index is 12.8. The molecule has 3 rings (SSSR count). The molecule has 0 spiro atoms. The van der Waals surface area contributed by atoms with Crippen LogP contribution in [0.4, 0.5) is 4.79 Å². The van der Waals surface area contributed by atoms with E-state index >= 15 is 0 Å². The maximum Gasteiger partial charge on any atom is 0.358 e. The maximum atomic E-state index is 12.8. The molecule has 2 unspecified atom stereocenters. The van der Waals surface area contributed by atoms with Crippen LogP contribution in [0.25, 0.3) is 0 Å². The van der Waals surface area contributed by atoms with Crippen molar-refractivity contribution in [2.75, 3.05) is 25.7 Å². The van der Waals surface area contributed by atoms with E-state index in [9.17, 15) is 14.7 Å². The molecule has 1 fully saturated rings. The Labute approximate surface area is 171 Å². The van der Waals surface area contributed by atoms with E-state index in [4.69, 9.17) is 23.2 Å². The highest BCUT2D eigenvalue weighted by Crippen LogP contribution is 2.26. The van der Waals surface area contributed by atoms with Crippen LogP contribution in [0.15, 0.2) is 29.3 Å². The summed E-state index contributed by atoms with van der Waals surface area (Å²) in [7, 11) is 3.04. The number of nitrogens with zero attached hydrogens (tertiary/aromatic N) is 4. The number of likely N-dealkylation sites (N-methyl/N-ethyl adjacent to an activating group) is 2. The van der Waals surface area contributed by atoms with E-state index in [1.54, 1.807) is 13.1 Å². The number of hydrogen-bond donors (Lipinski definition) is 1. The van der Waals surface area contributed by atoms with Gasteiger partial charge in [-0.05, 0) is 22.8 Å². The summed E-state index contributed by atoms with van der Waals surface area (Å²) in [5, 5.41) is 10.9. The number of aliphatic hydroxyl groups excluding tert-OH is 1. The molecule has 1 aromatic carbocycles. The zero-order valence-electron chi connectivity index (χ0n) is 14.8. The zero-order valence-corrected chi connectivity index (χ0v) is 17.1. The number of aliphatic imine (C=N–C) groups is 1. The van der Waals surface area contributed by atoms with Crippen molar-refractivity contribution in [1.29, 1.82) is 0 Å². The first-order valence-corrected chi connectivity index (χ1v) is 10.1. The Bertz CT molecular complexity index is 845. The minimum Gasteiger partial charge on any atom is -0.391 e. The van der Waals surface area contributed by atoms with Crippen LogP contribution in [0.1, 0.15) is 5.56 Å². The summed E-state index contributed by atoms with van der Waals surface area (Å²) in [5.74, 6) is 0.448. The lowest BCUT2D eigenvalue weighted by atomic mass is 10.1. The minimum atomic E-state index is -0.718. The van der Waals surface area contributed by atoms with Gasteiger partial charge in [0.05, 0.1) is 6.10 Å². The summed E-state index contributed by atoms with van der Waals surface area (Å²) in [6.07, 6.45) is -0.702. The molecule has 2 atom stereocenters. The van der Waals surface area contributed by atoms with Gasteiger partial charge in [0.25, 0.3) is 17.8 Å². The summed E-state index contributed by atoms with van der Waals surface area (Å²) in [4.78, 5) is 32.1. The van der Waals surface area contributed by atoms with E-state index in [0.29, 0.717) is 28.3 Å². The molecule has 0 aliphatic carbocycles. The second kappa shape index (κ2) is 8.18. The highest BCUT2D eigenvalue weighted by molar-refractivity contribution is 8.13. The largest absolute Gasteiger partial charge is 0.391 e. The summed E-state index contributed by atoms with van der Waals surface area (Å²) >= 11 is 13.3. The number of carbonyl (C=O) groups is 2. The number of amidine groups is 2. The average molecular weight is 430 g/mol. The number of carbonyl (C=O) groups excluding carboxylic acids is 2. The molecule has 2 aliphatic rings. The standard InChI is InChI=1S/C17H19Cl2N4O3S/c1-21-14-13(15(25)22(2)17(21)26)23(8-10-5-3-4-6-12(10)19)16(20-14)27-9-11(24)7-18/h3-6,11,13,24H,7-9H2,1-2H3/q+1. The first-order chi connectivity index (χ1) is 12.8. The molecule has 0 bridgehead atoms. The highest BCUT2D eigenvalue weighted by Gasteiger charge is 2.53. The van der Waals surface area contributed by atoms with E-state index < -0.39 is 18.2 Å². The Balaban J connectivity index is 1.99. The van der Waals surface area contributed by atoms with E-state index in [1.165, 1.54) is 23.7 Å². The molecular weight excluding hydrogens is 411 g/mol. The van der Waals surface area contributed by atoms with Gasteiger partial charge in [-0.25, -0.2) is 9.37 Å². The van der Waals surface area contributed by atoms with Crippen molar-refractivity contribution < 1.29 is 19.3 Å². The number of aliphatic hydroxyl groups is 1. The van der Waals surface area contributed by atoms with Gasteiger partial charge in [-0.2, -0.15) is 0 Å². The van der Waals surface area contributed by atoms with Gasteiger partial charge in [0.15, 0.2) is 0 Å². The van der Waals surface area contributed by atoms with E-state index in [2.05, 4.69) is 4.99 Å². The Morgan fingerprint density at radius 3 is 2.67 bits per heavy atom. The van der Waals surface area contributed by atoms with Gasteiger partial charge in [-0.1, -0.05) is 29.8 Å². The summed E-state index contributed by atoms with van der Waals surface area (Å²) in [5.41, 5.74) is 0.835. The van der Waals surface area contributed by atoms with Crippen molar-refractivity contribution in [2.24, 2.45) is 4.99 Å². The number of imide groups is 1. The van der Waals surface area contributed by atoms with Crippen molar-refractivity contribution in [3.63, 3.8) is 0 Å². The molecule has 10 heteroatoms. The molecule has 27 heavy (non-hydrogen) atoms. The van der Waals surface area contributed by atoms with Crippen LogP contribution in [0, 0.1) is 0 Å². The molecule has 7 nitrogen and oxygen atoms in total. The second-order valence-corrected chi connectivity index (χ2v) is 7.94. The van der Waals surface area contributed by atoms with Gasteiger partial charge in [-0.3, -0.25) is 14.6 Å². The third-order valence-electron chi connectivity index (χ3n) is 4.38. The molecule has 0 saturated carbocycles.